The maximum Gasteiger partial charge on any atom is 0.253 e. The van der Waals surface area contributed by atoms with Crippen molar-refractivity contribution in [1.82, 2.24) is 15.1 Å². The average Bonchev–Trinajstić information content (AvgIpc) is 2.79. The molecule has 0 radical (unpaired) electrons. The van der Waals surface area contributed by atoms with E-state index in [2.05, 4.69) is 15.7 Å². The molecule has 134 valence electrons. The molecule has 7 heteroatoms. The second kappa shape index (κ2) is 8.16. The first-order valence-electron chi connectivity index (χ1n) is 8.20. The van der Waals surface area contributed by atoms with Crippen molar-refractivity contribution in [3.63, 3.8) is 0 Å². The van der Waals surface area contributed by atoms with Crippen LogP contribution in [0.15, 0.2) is 18.2 Å². The quantitative estimate of drug-likeness (QED) is 0.829. The van der Waals surface area contributed by atoms with E-state index >= 15 is 0 Å². The van der Waals surface area contributed by atoms with E-state index in [1.807, 2.05) is 27.8 Å². The van der Waals surface area contributed by atoms with Crippen LogP contribution in [0.5, 0.6) is 0 Å². The molecule has 0 aliphatic heterocycles. The predicted octanol–water partition coefficient (Wildman–Crippen LogP) is 3.01. The van der Waals surface area contributed by atoms with Gasteiger partial charge in [-0.05, 0) is 38.5 Å². The number of benzene rings is 1. The number of aryl methyl sites for hydroxylation is 2. The fraction of sp³-hybridized carbons (Fsp3) is 0.389. The Morgan fingerprint density at radius 2 is 2.00 bits per heavy atom. The first-order valence-corrected chi connectivity index (χ1v) is 8.58. The summed E-state index contributed by atoms with van der Waals surface area (Å²) in [5, 5.41) is 10.4. The minimum atomic E-state index is -0.234. The molecule has 0 bridgehead atoms. The monoisotopic (exact) mass is 362 g/mol. The molecule has 2 N–H and O–H groups in total. The van der Waals surface area contributed by atoms with Crippen molar-refractivity contribution in [2.75, 3.05) is 11.9 Å². The summed E-state index contributed by atoms with van der Waals surface area (Å²) in [5.41, 5.74) is 3.46. The number of carbonyl (C=O) groups is 2. The molecule has 0 unspecified atom stereocenters. The first kappa shape index (κ1) is 19.0. The summed E-state index contributed by atoms with van der Waals surface area (Å²) in [6, 6.07) is 4.83. The molecule has 1 heterocycles. The highest BCUT2D eigenvalue weighted by molar-refractivity contribution is 6.31. The molecule has 0 saturated carbocycles. The predicted molar refractivity (Wildman–Crippen MR) is 99.1 cm³/mol. The lowest BCUT2D eigenvalue weighted by Crippen LogP contribution is -2.26. The van der Waals surface area contributed by atoms with Gasteiger partial charge in [-0.15, -0.1) is 0 Å². The third kappa shape index (κ3) is 4.60. The number of aromatic nitrogens is 2. The van der Waals surface area contributed by atoms with Crippen LogP contribution in [-0.2, 0) is 18.3 Å². The van der Waals surface area contributed by atoms with Crippen molar-refractivity contribution >= 4 is 29.1 Å². The SMILES string of the molecule is CCCNC(=O)c1ccc(Cl)cc1NC(=O)Cc1c(C)nn(C)c1C. The van der Waals surface area contributed by atoms with Crippen LogP contribution < -0.4 is 10.6 Å². The van der Waals surface area contributed by atoms with E-state index in [1.54, 1.807) is 22.9 Å². The van der Waals surface area contributed by atoms with Gasteiger partial charge in [-0.3, -0.25) is 14.3 Å². The van der Waals surface area contributed by atoms with Crippen LogP contribution in [0.3, 0.4) is 0 Å². The Kier molecular flexibility index (Phi) is 6.20. The maximum absolute atomic E-state index is 12.5. The van der Waals surface area contributed by atoms with Gasteiger partial charge >= 0.3 is 0 Å². The second-order valence-corrected chi connectivity index (χ2v) is 6.38. The van der Waals surface area contributed by atoms with Gasteiger partial charge < -0.3 is 10.6 Å². The molecule has 2 amide bonds. The Labute approximate surface area is 152 Å². The van der Waals surface area contributed by atoms with Gasteiger partial charge in [-0.2, -0.15) is 5.10 Å². The van der Waals surface area contributed by atoms with Gasteiger partial charge in [0.25, 0.3) is 5.91 Å². The van der Waals surface area contributed by atoms with E-state index in [0.717, 1.165) is 23.4 Å². The first-order chi connectivity index (χ1) is 11.8. The number of hydrogen-bond donors (Lipinski definition) is 2. The number of hydrogen-bond acceptors (Lipinski definition) is 3. The number of carbonyl (C=O) groups excluding carboxylic acids is 2. The number of amides is 2. The molecular weight excluding hydrogens is 340 g/mol. The molecule has 1 aromatic heterocycles. The fourth-order valence-electron chi connectivity index (χ4n) is 2.58. The van der Waals surface area contributed by atoms with E-state index in [1.165, 1.54) is 0 Å². The van der Waals surface area contributed by atoms with Gasteiger partial charge in [-0.25, -0.2) is 0 Å². The minimum absolute atomic E-state index is 0.189. The van der Waals surface area contributed by atoms with Gasteiger partial charge in [-0.1, -0.05) is 18.5 Å². The van der Waals surface area contributed by atoms with Crippen LogP contribution in [-0.4, -0.2) is 28.1 Å². The summed E-state index contributed by atoms with van der Waals surface area (Å²) < 4.78 is 1.75. The van der Waals surface area contributed by atoms with Crippen LogP contribution in [0.1, 0.15) is 40.7 Å². The summed E-state index contributed by atoms with van der Waals surface area (Å²) in [5.74, 6) is -0.450. The van der Waals surface area contributed by atoms with Crippen molar-refractivity contribution in [3.8, 4) is 0 Å². The van der Waals surface area contributed by atoms with Crippen LogP contribution in [0, 0.1) is 13.8 Å². The summed E-state index contributed by atoms with van der Waals surface area (Å²) in [6.45, 7) is 6.34. The summed E-state index contributed by atoms with van der Waals surface area (Å²) in [7, 11) is 1.84. The van der Waals surface area contributed by atoms with Crippen molar-refractivity contribution in [1.29, 1.82) is 0 Å². The lowest BCUT2D eigenvalue weighted by atomic mass is 10.1. The molecule has 2 rings (SSSR count). The molecule has 0 saturated heterocycles. The highest BCUT2D eigenvalue weighted by Crippen LogP contribution is 2.22. The largest absolute Gasteiger partial charge is 0.352 e. The number of anilines is 1. The Bertz CT molecular complexity index is 799. The number of halogens is 1. The topological polar surface area (TPSA) is 76.0 Å². The molecule has 0 atom stereocenters. The minimum Gasteiger partial charge on any atom is -0.352 e. The van der Waals surface area contributed by atoms with Crippen molar-refractivity contribution in [2.45, 2.75) is 33.6 Å². The summed E-state index contributed by atoms with van der Waals surface area (Å²) >= 11 is 6.03. The molecule has 25 heavy (non-hydrogen) atoms. The highest BCUT2D eigenvalue weighted by Gasteiger charge is 2.17. The Morgan fingerprint density at radius 3 is 2.60 bits per heavy atom. The van der Waals surface area contributed by atoms with Gasteiger partial charge in [0.2, 0.25) is 5.91 Å². The summed E-state index contributed by atoms with van der Waals surface area (Å²) in [4.78, 5) is 24.7. The fourth-order valence-corrected chi connectivity index (χ4v) is 2.75. The normalized spacial score (nSPS) is 10.6. The smallest absolute Gasteiger partial charge is 0.253 e. The van der Waals surface area contributed by atoms with Crippen LogP contribution in [0.2, 0.25) is 5.02 Å². The molecule has 0 spiro atoms. The van der Waals surface area contributed by atoms with Crippen molar-refractivity contribution in [2.24, 2.45) is 7.05 Å². The zero-order valence-electron chi connectivity index (χ0n) is 14.9. The number of rotatable bonds is 6. The van der Waals surface area contributed by atoms with Crippen molar-refractivity contribution in [3.05, 3.63) is 45.7 Å². The Hall–Kier alpha value is -2.34. The lowest BCUT2D eigenvalue weighted by Gasteiger charge is -2.12. The Balaban J connectivity index is 2.19. The molecule has 0 aliphatic rings. The highest BCUT2D eigenvalue weighted by atomic mass is 35.5. The third-order valence-corrected chi connectivity index (χ3v) is 4.27. The van der Waals surface area contributed by atoms with Gasteiger partial charge in [0.1, 0.15) is 0 Å². The van der Waals surface area contributed by atoms with E-state index in [4.69, 9.17) is 11.6 Å². The number of nitrogens with zero attached hydrogens (tertiary/aromatic N) is 2. The average molecular weight is 363 g/mol. The van der Waals surface area contributed by atoms with Gasteiger partial charge in [0.15, 0.2) is 0 Å². The molecule has 1 aromatic carbocycles. The van der Waals surface area contributed by atoms with Crippen LogP contribution >= 0.6 is 11.6 Å². The van der Waals surface area contributed by atoms with E-state index < -0.39 is 0 Å². The zero-order valence-corrected chi connectivity index (χ0v) is 15.7. The van der Waals surface area contributed by atoms with Crippen molar-refractivity contribution < 1.29 is 9.59 Å². The molecule has 6 nitrogen and oxygen atoms in total. The third-order valence-electron chi connectivity index (χ3n) is 4.03. The maximum atomic E-state index is 12.5. The number of nitrogens with one attached hydrogen (secondary N) is 2. The molecule has 0 aliphatic carbocycles. The Morgan fingerprint density at radius 1 is 1.28 bits per heavy atom. The molecular formula is C18H23ClN4O2. The lowest BCUT2D eigenvalue weighted by molar-refractivity contribution is -0.115. The van der Waals surface area contributed by atoms with Crippen LogP contribution in [0.4, 0.5) is 5.69 Å². The van der Waals surface area contributed by atoms with Gasteiger partial charge in [0, 0.05) is 29.9 Å². The van der Waals surface area contributed by atoms with E-state index in [9.17, 15) is 9.59 Å². The molecule has 0 fully saturated rings. The summed E-state index contributed by atoms with van der Waals surface area (Å²) in [6.07, 6.45) is 1.02. The zero-order chi connectivity index (χ0) is 18.6. The second-order valence-electron chi connectivity index (χ2n) is 5.94. The van der Waals surface area contributed by atoms with Gasteiger partial charge in [0.05, 0.1) is 23.4 Å². The molecule has 2 aromatic rings. The standard InChI is InChI=1S/C18H23ClN4O2/c1-5-8-20-18(25)14-7-6-13(19)9-16(14)21-17(24)10-15-11(2)22-23(4)12(15)3/h6-7,9H,5,8,10H2,1-4H3,(H,20,25)(H,21,24). The van der Waals surface area contributed by atoms with E-state index in [0.29, 0.717) is 22.8 Å². The van der Waals surface area contributed by atoms with E-state index in [-0.39, 0.29) is 18.2 Å². The van der Waals surface area contributed by atoms with Crippen LogP contribution in [0.25, 0.3) is 0 Å².